The Bertz CT molecular complexity index is 340. The summed E-state index contributed by atoms with van der Waals surface area (Å²) in [6, 6.07) is 6.15. The summed E-state index contributed by atoms with van der Waals surface area (Å²) in [5.41, 5.74) is 0.493. The summed E-state index contributed by atoms with van der Waals surface area (Å²) in [6.07, 6.45) is 0.866. The second-order valence-corrected chi connectivity index (χ2v) is 4.22. The van der Waals surface area contributed by atoms with Crippen LogP contribution in [0.15, 0.2) is 29.2 Å². The number of hydrogen-bond acceptors (Lipinski definition) is 2. The molecule has 1 N–H and O–H groups in total. The van der Waals surface area contributed by atoms with Gasteiger partial charge in [0.05, 0.1) is 0 Å². The van der Waals surface area contributed by atoms with Crippen molar-refractivity contribution in [3.8, 4) is 0 Å². The largest absolute Gasteiger partial charge is 0.352 e. The zero-order valence-electron chi connectivity index (χ0n) is 8.87. The van der Waals surface area contributed by atoms with Crippen LogP contribution in [-0.4, -0.2) is 18.2 Å². The van der Waals surface area contributed by atoms with Crippen molar-refractivity contribution in [1.29, 1.82) is 0 Å². The number of carbonyl (C=O) groups excluding carboxylic acids is 1. The lowest BCUT2D eigenvalue weighted by Gasteiger charge is -2.04. The van der Waals surface area contributed by atoms with Gasteiger partial charge in [-0.2, -0.15) is 8.78 Å². The minimum Gasteiger partial charge on any atom is -0.352 e. The molecule has 0 radical (unpaired) electrons. The van der Waals surface area contributed by atoms with Gasteiger partial charge >= 0.3 is 0 Å². The molecule has 1 aromatic carbocycles. The fraction of sp³-hybridized carbons (Fsp3) is 0.364. The van der Waals surface area contributed by atoms with Gasteiger partial charge in [-0.3, -0.25) is 4.79 Å². The molecule has 1 amide bonds. The molecule has 0 aliphatic carbocycles. The molecule has 0 heterocycles. The minimum absolute atomic E-state index is 0.171. The van der Waals surface area contributed by atoms with Gasteiger partial charge in [0.25, 0.3) is 11.7 Å². The maximum Gasteiger partial charge on any atom is 0.288 e. The van der Waals surface area contributed by atoms with E-state index >= 15 is 0 Å². The highest BCUT2D eigenvalue weighted by atomic mass is 32.2. The maximum absolute atomic E-state index is 12.0. The first-order valence-electron chi connectivity index (χ1n) is 4.96. The topological polar surface area (TPSA) is 29.1 Å². The SMILES string of the molecule is CCCNC(=O)c1ccc(SC(F)F)cc1. The Balaban J connectivity index is 2.60. The minimum atomic E-state index is -2.43. The van der Waals surface area contributed by atoms with Gasteiger partial charge in [0.2, 0.25) is 0 Å². The average Bonchev–Trinajstić information content (AvgIpc) is 2.26. The Morgan fingerprint density at radius 3 is 2.50 bits per heavy atom. The molecule has 0 aliphatic rings. The van der Waals surface area contributed by atoms with Gasteiger partial charge in [-0.05, 0) is 30.7 Å². The number of nitrogens with one attached hydrogen (secondary N) is 1. The summed E-state index contributed by atoms with van der Waals surface area (Å²) in [5.74, 6) is -2.60. The molecule has 1 rings (SSSR count). The molecule has 1 aromatic rings. The predicted molar refractivity (Wildman–Crippen MR) is 60.9 cm³/mol. The van der Waals surface area contributed by atoms with Crippen LogP contribution in [0.25, 0.3) is 0 Å². The lowest BCUT2D eigenvalue weighted by atomic mass is 10.2. The number of thioether (sulfide) groups is 1. The van der Waals surface area contributed by atoms with Gasteiger partial charge in [0.1, 0.15) is 0 Å². The van der Waals surface area contributed by atoms with Crippen molar-refractivity contribution in [3.63, 3.8) is 0 Å². The summed E-state index contributed by atoms with van der Waals surface area (Å²) in [6.45, 7) is 2.58. The second-order valence-electron chi connectivity index (χ2n) is 3.16. The van der Waals surface area contributed by atoms with Gasteiger partial charge in [-0.25, -0.2) is 0 Å². The molecule has 0 atom stereocenters. The molecule has 0 saturated heterocycles. The third-order valence-corrected chi connectivity index (χ3v) is 2.60. The molecular weight excluding hydrogens is 232 g/mol. The molecule has 0 aliphatic heterocycles. The van der Waals surface area contributed by atoms with E-state index in [-0.39, 0.29) is 5.91 Å². The van der Waals surface area contributed by atoms with Gasteiger partial charge in [0, 0.05) is 17.0 Å². The van der Waals surface area contributed by atoms with Crippen LogP contribution in [0, 0.1) is 0 Å². The molecule has 0 unspecified atom stereocenters. The van der Waals surface area contributed by atoms with E-state index < -0.39 is 5.76 Å². The number of hydrogen-bond donors (Lipinski definition) is 1. The smallest absolute Gasteiger partial charge is 0.288 e. The van der Waals surface area contributed by atoms with Crippen molar-refractivity contribution in [3.05, 3.63) is 29.8 Å². The maximum atomic E-state index is 12.0. The van der Waals surface area contributed by atoms with Gasteiger partial charge in [-0.1, -0.05) is 18.7 Å². The van der Waals surface area contributed by atoms with Gasteiger partial charge in [0.15, 0.2) is 0 Å². The molecule has 0 bridgehead atoms. The Kier molecular flexibility index (Phi) is 5.25. The van der Waals surface area contributed by atoms with Crippen LogP contribution in [0.5, 0.6) is 0 Å². The summed E-state index contributed by atoms with van der Waals surface area (Å²) >= 11 is 0.472. The molecule has 0 fully saturated rings. The van der Waals surface area contributed by atoms with Crippen molar-refractivity contribution in [2.75, 3.05) is 6.54 Å². The van der Waals surface area contributed by atoms with Crippen LogP contribution in [0.2, 0.25) is 0 Å². The van der Waals surface area contributed by atoms with E-state index in [9.17, 15) is 13.6 Å². The van der Waals surface area contributed by atoms with Gasteiger partial charge < -0.3 is 5.32 Å². The molecule has 88 valence electrons. The lowest BCUT2D eigenvalue weighted by molar-refractivity contribution is 0.0953. The van der Waals surface area contributed by atoms with Crippen LogP contribution < -0.4 is 5.32 Å². The monoisotopic (exact) mass is 245 g/mol. The number of benzene rings is 1. The van der Waals surface area contributed by atoms with Crippen LogP contribution >= 0.6 is 11.8 Å². The fourth-order valence-electron chi connectivity index (χ4n) is 1.13. The zero-order chi connectivity index (χ0) is 12.0. The van der Waals surface area contributed by atoms with Crippen LogP contribution in [0.3, 0.4) is 0 Å². The fourth-order valence-corrected chi connectivity index (χ4v) is 1.63. The first-order valence-corrected chi connectivity index (χ1v) is 5.84. The summed E-state index contributed by atoms with van der Waals surface area (Å²) < 4.78 is 24.1. The highest BCUT2D eigenvalue weighted by Crippen LogP contribution is 2.24. The van der Waals surface area contributed by atoms with E-state index in [0.29, 0.717) is 28.8 Å². The third-order valence-electron chi connectivity index (χ3n) is 1.88. The summed E-state index contributed by atoms with van der Waals surface area (Å²) in [4.78, 5) is 11.9. The van der Waals surface area contributed by atoms with E-state index in [2.05, 4.69) is 5.32 Å². The van der Waals surface area contributed by atoms with E-state index in [0.717, 1.165) is 6.42 Å². The molecular formula is C11H13F2NOS. The summed E-state index contributed by atoms with van der Waals surface area (Å²) in [5, 5.41) is 2.71. The number of alkyl halides is 2. The van der Waals surface area contributed by atoms with Crippen molar-refractivity contribution in [2.24, 2.45) is 0 Å². The van der Waals surface area contributed by atoms with E-state index in [4.69, 9.17) is 0 Å². The standard InChI is InChI=1S/C11H13F2NOS/c1-2-7-14-10(15)8-3-5-9(6-4-8)16-11(12)13/h3-6,11H,2,7H2,1H3,(H,14,15). The first-order chi connectivity index (χ1) is 7.63. The molecule has 5 heteroatoms. The Labute approximate surface area is 97.4 Å². The van der Waals surface area contributed by atoms with Crippen molar-refractivity contribution >= 4 is 17.7 Å². The number of amides is 1. The zero-order valence-corrected chi connectivity index (χ0v) is 9.69. The summed E-state index contributed by atoms with van der Waals surface area (Å²) in [7, 11) is 0. The van der Waals surface area contributed by atoms with Crippen LogP contribution in [0.4, 0.5) is 8.78 Å². The van der Waals surface area contributed by atoms with Crippen molar-refractivity contribution < 1.29 is 13.6 Å². The first kappa shape index (κ1) is 13.0. The highest BCUT2D eigenvalue weighted by molar-refractivity contribution is 7.99. The molecule has 0 aromatic heterocycles. The molecule has 16 heavy (non-hydrogen) atoms. The lowest BCUT2D eigenvalue weighted by Crippen LogP contribution is -2.23. The van der Waals surface area contributed by atoms with E-state index in [1.807, 2.05) is 6.92 Å². The quantitative estimate of drug-likeness (QED) is 0.807. The van der Waals surface area contributed by atoms with Crippen LogP contribution in [0.1, 0.15) is 23.7 Å². The third kappa shape index (κ3) is 4.18. The van der Waals surface area contributed by atoms with Gasteiger partial charge in [-0.15, -0.1) is 0 Å². The average molecular weight is 245 g/mol. The Hall–Kier alpha value is -1.10. The molecule has 0 saturated carbocycles. The van der Waals surface area contributed by atoms with E-state index in [1.54, 1.807) is 12.1 Å². The molecule has 2 nitrogen and oxygen atoms in total. The predicted octanol–water partition coefficient (Wildman–Crippen LogP) is 3.14. The second kappa shape index (κ2) is 6.48. The normalized spacial score (nSPS) is 10.5. The number of halogens is 2. The Morgan fingerprint density at radius 1 is 1.38 bits per heavy atom. The van der Waals surface area contributed by atoms with Crippen molar-refractivity contribution in [2.45, 2.75) is 24.0 Å². The number of rotatable bonds is 5. The Morgan fingerprint density at radius 2 is 2.00 bits per heavy atom. The number of carbonyl (C=O) groups is 1. The van der Waals surface area contributed by atoms with Crippen LogP contribution in [-0.2, 0) is 0 Å². The molecule has 0 spiro atoms. The van der Waals surface area contributed by atoms with Crippen molar-refractivity contribution in [1.82, 2.24) is 5.32 Å². The van der Waals surface area contributed by atoms with E-state index in [1.165, 1.54) is 12.1 Å². The highest BCUT2D eigenvalue weighted by Gasteiger charge is 2.07.